The van der Waals surface area contributed by atoms with Crippen molar-refractivity contribution in [3.8, 4) is 0 Å². The first-order valence-electron chi connectivity index (χ1n) is 11.1. The van der Waals surface area contributed by atoms with Gasteiger partial charge in [-0.1, -0.05) is 43.7 Å². The van der Waals surface area contributed by atoms with E-state index in [1.54, 1.807) is 6.08 Å². The van der Waals surface area contributed by atoms with Gasteiger partial charge in [-0.15, -0.1) is 0 Å². The SMILES string of the molecule is CC/C=C\C(=O)NC1C[C@H](C)[C@H](C/C=C(C)/C=C/[C@@H]2CC3(CCO2)CO3)OC1C. The van der Waals surface area contributed by atoms with E-state index in [1.807, 2.05) is 13.0 Å². The highest BCUT2D eigenvalue weighted by atomic mass is 16.6. The third-order valence-electron chi connectivity index (χ3n) is 6.31. The molecule has 0 saturated carbocycles. The molecule has 1 spiro atoms. The van der Waals surface area contributed by atoms with Crippen LogP contribution in [0.25, 0.3) is 0 Å². The van der Waals surface area contributed by atoms with E-state index in [4.69, 9.17) is 14.2 Å². The van der Waals surface area contributed by atoms with Gasteiger partial charge in [-0.05, 0) is 45.1 Å². The average Bonchev–Trinajstić information content (AvgIpc) is 3.44. The number of nitrogens with one attached hydrogen (secondary N) is 1. The van der Waals surface area contributed by atoms with Gasteiger partial charge in [0.1, 0.15) is 0 Å². The summed E-state index contributed by atoms with van der Waals surface area (Å²) in [6.07, 6.45) is 15.1. The zero-order valence-electron chi connectivity index (χ0n) is 18.4. The van der Waals surface area contributed by atoms with Crippen molar-refractivity contribution in [2.45, 2.75) is 89.8 Å². The predicted molar refractivity (Wildman–Crippen MR) is 115 cm³/mol. The zero-order chi connectivity index (χ0) is 20.9. The Morgan fingerprint density at radius 1 is 1.28 bits per heavy atom. The molecule has 0 radical (unpaired) electrons. The van der Waals surface area contributed by atoms with E-state index in [2.05, 4.69) is 44.3 Å². The van der Waals surface area contributed by atoms with E-state index >= 15 is 0 Å². The molecule has 1 amide bonds. The van der Waals surface area contributed by atoms with Crippen LogP contribution in [0.15, 0.2) is 36.0 Å². The summed E-state index contributed by atoms with van der Waals surface area (Å²) in [6.45, 7) is 10.1. The lowest BCUT2D eigenvalue weighted by Gasteiger charge is -2.39. The maximum atomic E-state index is 12.0. The lowest BCUT2D eigenvalue weighted by Crippen LogP contribution is -2.50. The summed E-state index contributed by atoms with van der Waals surface area (Å²) in [5, 5.41) is 3.09. The molecule has 3 fully saturated rings. The van der Waals surface area contributed by atoms with E-state index in [-0.39, 0.29) is 35.9 Å². The second kappa shape index (κ2) is 10.1. The first-order valence-corrected chi connectivity index (χ1v) is 11.1. The maximum Gasteiger partial charge on any atom is 0.243 e. The molecule has 0 aromatic rings. The fourth-order valence-corrected chi connectivity index (χ4v) is 4.21. The van der Waals surface area contributed by atoms with Crippen molar-refractivity contribution in [3.05, 3.63) is 36.0 Å². The van der Waals surface area contributed by atoms with Crippen molar-refractivity contribution in [1.82, 2.24) is 5.32 Å². The largest absolute Gasteiger partial charge is 0.374 e. The van der Waals surface area contributed by atoms with Crippen LogP contribution in [-0.2, 0) is 19.0 Å². The van der Waals surface area contributed by atoms with Gasteiger partial charge in [0.2, 0.25) is 5.91 Å². The molecule has 3 unspecified atom stereocenters. The lowest BCUT2D eigenvalue weighted by molar-refractivity contribution is -0.123. The molecule has 0 aromatic carbocycles. The Balaban J connectivity index is 1.45. The van der Waals surface area contributed by atoms with Crippen LogP contribution in [-0.4, -0.2) is 49.1 Å². The van der Waals surface area contributed by atoms with Crippen LogP contribution in [0.4, 0.5) is 0 Å². The van der Waals surface area contributed by atoms with Crippen LogP contribution in [0.2, 0.25) is 0 Å². The highest BCUT2D eigenvalue weighted by Gasteiger charge is 2.48. The first-order chi connectivity index (χ1) is 13.9. The number of rotatable bonds is 7. The van der Waals surface area contributed by atoms with E-state index in [1.165, 1.54) is 5.57 Å². The molecular formula is C24H37NO4. The predicted octanol–water partition coefficient (Wildman–Crippen LogP) is 4.09. The van der Waals surface area contributed by atoms with Gasteiger partial charge >= 0.3 is 0 Å². The van der Waals surface area contributed by atoms with Crippen LogP contribution < -0.4 is 5.32 Å². The Hall–Kier alpha value is -1.43. The normalized spacial score (nSPS) is 38.1. The quantitative estimate of drug-likeness (QED) is 0.395. The molecule has 6 atom stereocenters. The van der Waals surface area contributed by atoms with Crippen LogP contribution >= 0.6 is 0 Å². The summed E-state index contributed by atoms with van der Waals surface area (Å²) in [7, 11) is 0. The molecule has 3 aliphatic rings. The second-order valence-corrected chi connectivity index (χ2v) is 8.90. The molecule has 5 heteroatoms. The van der Waals surface area contributed by atoms with Crippen molar-refractivity contribution in [2.75, 3.05) is 13.2 Å². The van der Waals surface area contributed by atoms with Crippen molar-refractivity contribution in [1.29, 1.82) is 0 Å². The minimum absolute atomic E-state index is 0.0183. The van der Waals surface area contributed by atoms with Gasteiger partial charge in [-0.3, -0.25) is 4.79 Å². The Labute approximate surface area is 175 Å². The minimum atomic E-state index is -0.0258. The summed E-state index contributed by atoms with van der Waals surface area (Å²) in [5.41, 5.74) is 1.35. The number of allylic oxidation sites excluding steroid dienone is 3. The summed E-state index contributed by atoms with van der Waals surface area (Å²) in [5.74, 6) is 0.371. The fraction of sp³-hybridized carbons (Fsp3) is 0.708. The lowest BCUT2D eigenvalue weighted by atomic mass is 9.88. The average molecular weight is 404 g/mol. The Bertz CT molecular complexity index is 649. The van der Waals surface area contributed by atoms with Gasteiger partial charge < -0.3 is 19.5 Å². The van der Waals surface area contributed by atoms with Crippen LogP contribution in [0.1, 0.15) is 59.8 Å². The van der Waals surface area contributed by atoms with Crippen LogP contribution in [0, 0.1) is 5.92 Å². The number of hydrogen-bond donors (Lipinski definition) is 1. The standard InChI is InChI=1S/C24H37NO4/c1-5-6-7-23(26)25-21-14-18(3)22(29-19(21)4)11-9-17(2)8-10-20-15-24(16-28-24)12-13-27-20/h6-10,18-22H,5,11-16H2,1-4H3,(H,25,26)/b7-6-,10-8+,17-9+/t18-,19?,20+,21?,22-,24?/m0/s1. The smallest absolute Gasteiger partial charge is 0.243 e. The highest BCUT2D eigenvalue weighted by Crippen LogP contribution is 2.39. The van der Waals surface area contributed by atoms with Gasteiger partial charge in [0, 0.05) is 12.8 Å². The molecule has 5 nitrogen and oxygen atoms in total. The summed E-state index contributed by atoms with van der Waals surface area (Å²) in [6, 6.07) is 0.0700. The van der Waals surface area contributed by atoms with E-state index in [0.29, 0.717) is 5.92 Å². The van der Waals surface area contributed by atoms with Gasteiger partial charge in [0.25, 0.3) is 0 Å². The minimum Gasteiger partial charge on any atom is -0.374 e. The third-order valence-corrected chi connectivity index (χ3v) is 6.31. The molecule has 162 valence electrons. The maximum absolute atomic E-state index is 12.0. The Morgan fingerprint density at radius 3 is 2.79 bits per heavy atom. The summed E-state index contributed by atoms with van der Waals surface area (Å²) in [4.78, 5) is 12.0. The highest BCUT2D eigenvalue weighted by molar-refractivity contribution is 5.87. The molecule has 3 saturated heterocycles. The molecular weight excluding hydrogens is 366 g/mol. The van der Waals surface area contributed by atoms with E-state index in [0.717, 1.165) is 45.3 Å². The third kappa shape index (κ3) is 6.53. The van der Waals surface area contributed by atoms with Crippen molar-refractivity contribution in [2.24, 2.45) is 5.92 Å². The second-order valence-electron chi connectivity index (χ2n) is 8.90. The molecule has 0 aromatic heterocycles. The molecule has 0 aliphatic carbocycles. The van der Waals surface area contributed by atoms with Gasteiger partial charge in [-0.25, -0.2) is 0 Å². The van der Waals surface area contributed by atoms with Crippen LogP contribution in [0.5, 0.6) is 0 Å². The summed E-state index contributed by atoms with van der Waals surface area (Å²) >= 11 is 0. The van der Waals surface area contributed by atoms with Gasteiger partial charge in [0.05, 0.1) is 43.2 Å². The molecule has 3 heterocycles. The molecule has 1 N–H and O–H groups in total. The van der Waals surface area contributed by atoms with Gasteiger partial charge in [0.15, 0.2) is 0 Å². The fourth-order valence-electron chi connectivity index (χ4n) is 4.21. The topological polar surface area (TPSA) is 60.1 Å². The van der Waals surface area contributed by atoms with Gasteiger partial charge in [-0.2, -0.15) is 0 Å². The van der Waals surface area contributed by atoms with Crippen molar-refractivity contribution in [3.63, 3.8) is 0 Å². The number of carbonyl (C=O) groups excluding carboxylic acids is 1. The zero-order valence-corrected chi connectivity index (χ0v) is 18.4. The first kappa shape index (κ1) is 22.3. The number of ether oxygens (including phenoxy) is 3. The Morgan fingerprint density at radius 2 is 2.07 bits per heavy atom. The number of epoxide rings is 1. The number of carbonyl (C=O) groups is 1. The van der Waals surface area contributed by atoms with Crippen molar-refractivity contribution < 1.29 is 19.0 Å². The monoisotopic (exact) mass is 403 g/mol. The summed E-state index contributed by atoms with van der Waals surface area (Å²) < 4.78 is 17.7. The number of hydrogen-bond acceptors (Lipinski definition) is 4. The number of amides is 1. The molecule has 29 heavy (non-hydrogen) atoms. The molecule has 0 bridgehead atoms. The van der Waals surface area contributed by atoms with Crippen molar-refractivity contribution >= 4 is 5.91 Å². The van der Waals surface area contributed by atoms with E-state index in [9.17, 15) is 4.79 Å². The van der Waals surface area contributed by atoms with E-state index < -0.39 is 0 Å². The Kier molecular flexibility index (Phi) is 7.72. The molecule has 3 aliphatic heterocycles. The van der Waals surface area contributed by atoms with Crippen LogP contribution in [0.3, 0.4) is 0 Å². The molecule has 3 rings (SSSR count).